The van der Waals surface area contributed by atoms with Gasteiger partial charge in [-0.2, -0.15) is 0 Å². The maximum atomic E-state index is 14.3. The van der Waals surface area contributed by atoms with Crippen molar-refractivity contribution in [2.45, 2.75) is 49.8 Å². The monoisotopic (exact) mass is 213 g/mol. The topological polar surface area (TPSA) is 21.3 Å². The molecule has 0 aromatic carbocycles. The third-order valence-electron chi connectivity index (χ3n) is 4.58. The van der Waals surface area contributed by atoms with Gasteiger partial charge < -0.3 is 10.1 Å². The number of alkyl halides is 1. The fourth-order valence-electron chi connectivity index (χ4n) is 3.49. The summed E-state index contributed by atoms with van der Waals surface area (Å²) in [4.78, 5) is 0. The van der Waals surface area contributed by atoms with E-state index in [4.69, 9.17) is 4.74 Å². The Morgan fingerprint density at radius 3 is 2.53 bits per heavy atom. The van der Waals surface area contributed by atoms with Gasteiger partial charge >= 0.3 is 0 Å². The largest absolute Gasteiger partial charge is 0.375 e. The second-order valence-electron chi connectivity index (χ2n) is 5.57. The van der Waals surface area contributed by atoms with Gasteiger partial charge in [-0.25, -0.2) is 4.39 Å². The summed E-state index contributed by atoms with van der Waals surface area (Å²) in [5, 5.41) is 3.06. The van der Waals surface area contributed by atoms with Crippen LogP contribution >= 0.6 is 0 Å². The zero-order chi connectivity index (χ0) is 10.4. The lowest BCUT2D eigenvalue weighted by atomic mass is 9.73. The first-order chi connectivity index (χ1) is 7.23. The predicted octanol–water partition coefficient (Wildman–Crippen LogP) is 2.04. The number of hydrogen-bond donors (Lipinski definition) is 1. The van der Waals surface area contributed by atoms with Crippen molar-refractivity contribution in [3.05, 3.63) is 0 Å². The molecule has 1 unspecified atom stereocenters. The van der Waals surface area contributed by atoms with Crippen LogP contribution in [-0.4, -0.2) is 31.0 Å². The molecule has 1 atom stereocenters. The minimum absolute atomic E-state index is 0.0671. The fourth-order valence-corrected chi connectivity index (χ4v) is 3.49. The highest BCUT2D eigenvalue weighted by Crippen LogP contribution is 2.46. The molecule has 0 bridgehead atoms. The summed E-state index contributed by atoms with van der Waals surface area (Å²) in [5.41, 5.74) is -0.850. The van der Waals surface area contributed by atoms with Crippen molar-refractivity contribution in [2.24, 2.45) is 5.92 Å². The van der Waals surface area contributed by atoms with E-state index >= 15 is 0 Å². The Morgan fingerprint density at radius 2 is 1.93 bits per heavy atom. The maximum absolute atomic E-state index is 14.3. The zero-order valence-electron chi connectivity index (χ0n) is 9.23. The molecule has 3 aliphatic rings. The van der Waals surface area contributed by atoms with E-state index in [0.29, 0.717) is 13.1 Å². The van der Waals surface area contributed by atoms with Crippen LogP contribution in [0.4, 0.5) is 4.39 Å². The fraction of sp³-hybridized carbons (Fsp3) is 1.00. The molecule has 3 rings (SSSR count). The molecule has 1 N–H and O–H groups in total. The average Bonchev–Trinajstić information content (AvgIpc) is 2.63. The van der Waals surface area contributed by atoms with E-state index in [1.165, 1.54) is 12.8 Å². The Morgan fingerprint density at radius 1 is 1.20 bits per heavy atom. The van der Waals surface area contributed by atoms with Gasteiger partial charge in [-0.1, -0.05) is 12.8 Å². The number of hydrogen-bond acceptors (Lipinski definition) is 2. The van der Waals surface area contributed by atoms with Crippen molar-refractivity contribution < 1.29 is 9.13 Å². The molecule has 1 spiro atoms. The minimum atomic E-state index is -0.917. The molecule has 3 fully saturated rings. The van der Waals surface area contributed by atoms with Crippen molar-refractivity contribution in [2.75, 3.05) is 19.7 Å². The van der Waals surface area contributed by atoms with Crippen molar-refractivity contribution in [1.82, 2.24) is 5.32 Å². The van der Waals surface area contributed by atoms with Gasteiger partial charge in [0.2, 0.25) is 0 Å². The van der Waals surface area contributed by atoms with Gasteiger partial charge in [-0.05, 0) is 25.7 Å². The van der Waals surface area contributed by atoms with Crippen LogP contribution in [0.25, 0.3) is 0 Å². The second kappa shape index (κ2) is 3.42. The lowest BCUT2D eigenvalue weighted by Gasteiger charge is -2.48. The first-order valence-electron chi connectivity index (χ1n) is 6.26. The summed E-state index contributed by atoms with van der Waals surface area (Å²) in [5.74, 6) is 0.241. The molecule has 1 aliphatic carbocycles. The molecule has 0 radical (unpaired) electrons. The third-order valence-corrected chi connectivity index (χ3v) is 4.58. The number of halogens is 1. The van der Waals surface area contributed by atoms with Crippen molar-refractivity contribution in [3.63, 3.8) is 0 Å². The molecule has 86 valence electrons. The van der Waals surface area contributed by atoms with Crippen LogP contribution in [0.1, 0.15) is 38.5 Å². The SMILES string of the molecule is FC1(C2CCOC3(CCCC3)C2)CNC1. The first-order valence-corrected chi connectivity index (χ1v) is 6.26. The van der Waals surface area contributed by atoms with Crippen molar-refractivity contribution >= 4 is 0 Å². The Hall–Kier alpha value is -0.150. The highest BCUT2D eigenvalue weighted by atomic mass is 19.1. The summed E-state index contributed by atoms with van der Waals surface area (Å²) >= 11 is 0. The van der Waals surface area contributed by atoms with E-state index in [2.05, 4.69) is 5.32 Å². The Bertz CT molecular complexity index is 246. The summed E-state index contributed by atoms with van der Waals surface area (Å²) in [6.45, 7) is 1.90. The van der Waals surface area contributed by atoms with Gasteiger partial charge in [0, 0.05) is 25.6 Å². The zero-order valence-corrected chi connectivity index (χ0v) is 9.23. The smallest absolute Gasteiger partial charge is 0.138 e. The van der Waals surface area contributed by atoms with Crippen LogP contribution in [0.5, 0.6) is 0 Å². The number of rotatable bonds is 1. The highest BCUT2D eigenvalue weighted by molar-refractivity contribution is 5.03. The van der Waals surface area contributed by atoms with Gasteiger partial charge in [0.05, 0.1) is 5.60 Å². The van der Waals surface area contributed by atoms with Crippen LogP contribution in [0, 0.1) is 5.92 Å². The summed E-state index contributed by atoms with van der Waals surface area (Å²) in [6, 6.07) is 0. The molecule has 0 amide bonds. The molecular formula is C12H20FNO. The highest BCUT2D eigenvalue weighted by Gasteiger charge is 2.50. The molecule has 2 saturated heterocycles. The molecular weight excluding hydrogens is 193 g/mol. The van der Waals surface area contributed by atoms with Crippen LogP contribution in [0.2, 0.25) is 0 Å². The van der Waals surface area contributed by atoms with Gasteiger partial charge in [-0.3, -0.25) is 0 Å². The van der Waals surface area contributed by atoms with Gasteiger partial charge in [0.25, 0.3) is 0 Å². The van der Waals surface area contributed by atoms with Gasteiger partial charge in [-0.15, -0.1) is 0 Å². The van der Waals surface area contributed by atoms with Crippen molar-refractivity contribution in [3.8, 4) is 0 Å². The molecule has 3 heteroatoms. The molecule has 0 aromatic heterocycles. The van der Waals surface area contributed by atoms with Crippen LogP contribution in [0.15, 0.2) is 0 Å². The minimum Gasteiger partial charge on any atom is -0.375 e. The summed E-state index contributed by atoms with van der Waals surface area (Å²) in [7, 11) is 0. The standard InChI is InChI=1S/C12H20FNO/c13-12(8-14-9-12)10-3-6-15-11(7-10)4-1-2-5-11/h10,14H,1-9H2. The summed E-state index contributed by atoms with van der Waals surface area (Å²) in [6.07, 6.45) is 6.74. The molecule has 2 heterocycles. The predicted molar refractivity (Wildman–Crippen MR) is 56.6 cm³/mol. The Kier molecular flexibility index (Phi) is 2.29. The van der Waals surface area contributed by atoms with Gasteiger partial charge in [0.15, 0.2) is 0 Å². The average molecular weight is 213 g/mol. The van der Waals surface area contributed by atoms with E-state index in [1.807, 2.05) is 0 Å². The Labute approximate surface area is 90.6 Å². The summed E-state index contributed by atoms with van der Waals surface area (Å²) < 4.78 is 20.2. The first kappa shape index (κ1) is 10.0. The molecule has 1 saturated carbocycles. The molecule has 2 aliphatic heterocycles. The molecule has 2 nitrogen and oxygen atoms in total. The normalized spacial score (nSPS) is 37.8. The van der Waals surface area contributed by atoms with E-state index < -0.39 is 5.67 Å². The van der Waals surface area contributed by atoms with Crippen LogP contribution < -0.4 is 5.32 Å². The Balaban J connectivity index is 1.70. The third kappa shape index (κ3) is 1.60. The quantitative estimate of drug-likeness (QED) is 0.719. The van der Waals surface area contributed by atoms with E-state index in [9.17, 15) is 4.39 Å². The lowest BCUT2D eigenvalue weighted by Crippen LogP contribution is -2.62. The number of ether oxygens (including phenoxy) is 1. The van der Waals surface area contributed by atoms with Gasteiger partial charge in [0.1, 0.15) is 5.67 Å². The van der Waals surface area contributed by atoms with E-state index in [0.717, 1.165) is 32.3 Å². The molecule has 0 aromatic rings. The van der Waals surface area contributed by atoms with E-state index in [1.54, 1.807) is 0 Å². The van der Waals surface area contributed by atoms with E-state index in [-0.39, 0.29) is 11.5 Å². The van der Waals surface area contributed by atoms with Crippen molar-refractivity contribution in [1.29, 1.82) is 0 Å². The number of nitrogens with one attached hydrogen (secondary N) is 1. The molecule has 15 heavy (non-hydrogen) atoms. The second-order valence-corrected chi connectivity index (χ2v) is 5.57. The maximum Gasteiger partial charge on any atom is 0.138 e. The lowest BCUT2D eigenvalue weighted by molar-refractivity contribution is -0.130. The van der Waals surface area contributed by atoms with Crippen LogP contribution in [-0.2, 0) is 4.74 Å². The van der Waals surface area contributed by atoms with Crippen LogP contribution in [0.3, 0.4) is 0 Å².